The largest absolute Gasteiger partial charge is 0.401 e. The molecule has 2 rings (SSSR count). The molecule has 0 bridgehead atoms. The molecule has 1 aromatic carbocycles. The van der Waals surface area contributed by atoms with E-state index in [2.05, 4.69) is 0 Å². The lowest BCUT2D eigenvalue weighted by Gasteiger charge is -2.37. The molecule has 3 nitrogen and oxygen atoms in total. The zero-order valence-electron chi connectivity index (χ0n) is 14.9. The number of aryl methyl sites for hydroxylation is 1. The number of hydrogen-bond donors (Lipinski definition) is 0. The summed E-state index contributed by atoms with van der Waals surface area (Å²) in [5.74, 6) is -0.0445. The zero-order chi connectivity index (χ0) is 18.3. The fourth-order valence-corrected chi connectivity index (χ4v) is 2.80. The first-order valence-electron chi connectivity index (χ1n) is 8.39. The lowest BCUT2D eigenvalue weighted by atomic mass is 10.0. The van der Waals surface area contributed by atoms with Crippen LogP contribution in [0, 0.1) is 6.92 Å². The van der Waals surface area contributed by atoms with Gasteiger partial charge >= 0.3 is 6.18 Å². The van der Waals surface area contributed by atoms with Gasteiger partial charge in [-0.05, 0) is 38.9 Å². The molecule has 0 atom stereocenters. The van der Waals surface area contributed by atoms with Crippen LogP contribution in [0.5, 0.6) is 0 Å². The molecule has 0 unspecified atom stereocenters. The summed E-state index contributed by atoms with van der Waals surface area (Å²) in [5.41, 5.74) is 1.72. The van der Waals surface area contributed by atoms with Crippen LogP contribution in [0.25, 0.3) is 0 Å². The molecule has 0 saturated carbocycles. The molecule has 1 amide bonds. The number of hydrogen-bond acceptors (Lipinski definition) is 2. The Hall–Kier alpha value is -1.56. The van der Waals surface area contributed by atoms with Gasteiger partial charge in [0.1, 0.15) is 0 Å². The van der Waals surface area contributed by atoms with E-state index in [-0.39, 0.29) is 11.9 Å². The van der Waals surface area contributed by atoms with E-state index in [9.17, 15) is 18.0 Å². The van der Waals surface area contributed by atoms with Gasteiger partial charge < -0.3 is 4.90 Å². The predicted molar refractivity (Wildman–Crippen MR) is 90.1 cm³/mol. The Balaban J connectivity index is 0.00000139. The Kier molecular flexibility index (Phi) is 7.73. The van der Waals surface area contributed by atoms with Gasteiger partial charge in [0.2, 0.25) is 0 Å². The normalized spacial score (nSPS) is 15.9. The van der Waals surface area contributed by atoms with E-state index in [1.807, 2.05) is 32.9 Å². The van der Waals surface area contributed by atoms with Gasteiger partial charge in [-0.3, -0.25) is 9.69 Å². The van der Waals surface area contributed by atoms with Gasteiger partial charge in [0, 0.05) is 24.7 Å². The minimum absolute atomic E-state index is 0.0445. The predicted octanol–water partition coefficient (Wildman–Crippen LogP) is 4.12. The summed E-state index contributed by atoms with van der Waals surface area (Å²) in [6.07, 6.45) is -3.03. The molecule has 1 heterocycles. The molecule has 0 aromatic heterocycles. The first kappa shape index (κ1) is 20.5. The van der Waals surface area contributed by atoms with Crippen LogP contribution in [0.4, 0.5) is 13.2 Å². The lowest BCUT2D eigenvalue weighted by molar-refractivity contribution is -0.148. The second-order valence-corrected chi connectivity index (χ2v) is 5.92. The van der Waals surface area contributed by atoms with E-state index in [0.717, 1.165) is 5.56 Å². The van der Waals surface area contributed by atoms with E-state index in [1.165, 1.54) is 11.9 Å². The van der Waals surface area contributed by atoms with Crippen LogP contribution in [0.2, 0.25) is 0 Å². The van der Waals surface area contributed by atoms with Crippen LogP contribution in [0.3, 0.4) is 0 Å². The molecule has 1 saturated heterocycles. The SMILES string of the molecule is CC.Cc1ccc(C(=O)N2CCC(N(C)CC(F)(F)F)CC2)cc1. The van der Waals surface area contributed by atoms with Crippen molar-refractivity contribution < 1.29 is 18.0 Å². The lowest BCUT2D eigenvalue weighted by Crippen LogP contribution is -2.47. The van der Waals surface area contributed by atoms with Crippen LogP contribution < -0.4 is 0 Å². The average Bonchev–Trinajstić information content (AvgIpc) is 2.55. The topological polar surface area (TPSA) is 23.6 Å². The van der Waals surface area contributed by atoms with Crippen molar-refractivity contribution in [2.45, 2.75) is 45.8 Å². The third kappa shape index (κ3) is 6.15. The van der Waals surface area contributed by atoms with E-state index in [0.29, 0.717) is 31.5 Å². The highest BCUT2D eigenvalue weighted by Crippen LogP contribution is 2.22. The highest BCUT2D eigenvalue weighted by atomic mass is 19.4. The van der Waals surface area contributed by atoms with Crippen molar-refractivity contribution in [1.82, 2.24) is 9.80 Å². The Bertz CT molecular complexity index is 506. The van der Waals surface area contributed by atoms with E-state index >= 15 is 0 Å². The summed E-state index contributed by atoms with van der Waals surface area (Å²) >= 11 is 0. The number of rotatable bonds is 3. The highest BCUT2D eigenvalue weighted by molar-refractivity contribution is 5.94. The quantitative estimate of drug-likeness (QED) is 0.823. The number of halogens is 3. The monoisotopic (exact) mass is 344 g/mol. The van der Waals surface area contributed by atoms with Crippen molar-refractivity contribution in [3.63, 3.8) is 0 Å². The molecular formula is C18H27F3N2O. The fraction of sp³-hybridized carbons (Fsp3) is 0.611. The summed E-state index contributed by atoms with van der Waals surface area (Å²) in [4.78, 5) is 15.4. The number of likely N-dealkylation sites (tertiary alicyclic amines) is 1. The molecule has 24 heavy (non-hydrogen) atoms. The number of carbonyl (C=O) groups excluding carboxylic acids is 1. The molecule has 0 radical (unpaired) electrons. The molecule has 1 aromatic rings. The van der Waals surface area contributed by atoms with Gasteiger partial charge in [0.25, 0.3) is 5.91 Å². The van der Waals surface area contributed by atoms with Gasteiger partial charge in [-0.25, -0.2) is 0 Å². The Morgan fingerprint density at radius 2 is 1.67 bits per heavy atom. The molecule has 136 valence electrons. The van der Waals surface area contributed by atoms with Gasteiger partial charge in [-0.15, -0.1) is 0 Å². The van der Waals surface area contributed by atoms with Gasteiger partial charge in [0.05, 0.1) is 6.54 Å². The average molecular weight is 344 g/mol. The van der Waals surface area contributed by atoms with Crippen LogP contribution in [-0.4, -0.2) is 54.6 Å². The van der Waals surface area contributed by atoms with Crippen molar-refractivity contribution in [3.05, 3.63) is 35.4 Å². The highest BCUT2D eigenvalue weighted by Gasteiger charge is 2.33. The number of benzene rings is 1. The van der Waals surface area contributed by atoms with Crippen molar-refractivity contribution in [3.8, 4) is 0 Å². The number of alkyl halides is 3. The molecule has 1 aliphatic heterocycles. The smallest absolute Gasteiger partial charge is 0.339 e. The number of amides is 1. The first-order chi connectivity index (χ1) is 11.3. The Labute approximate surface area is 142 Å². The summed E-state index contributed by atoms with van der Waals surface area (Å²) < 4.78 is 37.2. The van der Waals surface area contributed by atoms with Crippen molar-refractivity contribution in [1.29, 1.82) is 0 Å². The number of carbonyl (C=O) groups is 1. The van der Waals surface area contributed by atoms with Gasteiger partial charge in [0.15, 0.2) is 0 Å². The van der Waals surface area contributed by atoms with Crippen molar-refractivity contribution in [2.75, 3.05) is 26.7 Å². The Morgan fingerprint density at radius 1 is 1.17 bits per heavy atom. The molecule has 6 heteroatoms. The molecule has 1 fully saturated rings. The summed E-state index contributed by atoms with van der Waals surface area (Å²) in [7, 11) is 1.50. The second-order valence-electron chi connectivity index (χ2n) is 5.92. The van der Waals surface area contributed by atoms with Crippen LogP contribution in [0.15, 0.2) is 24.3 Å². The van der Waals surface area contributed by atoms with Crippen molar-refractivity contribution >= 4 is 5.91 Å². The fourth-order valence-electron chi connectivity index (χ4n) is 2.80. The van der Waals surface area contributed by atoms with Crippen molar-refractivity contribution in [2.24, 2.45) is 0 Å². The van der Waals surface area contributed by atoms with E-state index < -0.39 is 12.7 Å². The van der Waals surface area contributed by atoms with Crippen LogP contribution in [0.1, 0.15) is 42.6 Å². The molecule has 0 spiro atoms. The first-order valence-corrected chi connectivity index (χ1v) is 8.39. The maximum Gasteiger partial charge on any atom is 0.401 e. The van der Waals surface area contributed by atoms with Gasteiger partial charge in [-0.2, -0.15) is 13.2 Å². The van der Waals surface area contributed by atoms with Gasteiger partial charge in [-0.1, -0.05) is 31.5 Å². The Morgan fingerprint density at radius 3 is 2.12 bits per heavy atom. The standard InChI is InChI=1S/C16H21F3N2O.C2H6/c1-12-3-5-13(6-4-12)15(22)21-9-7-14(8-10-21)20(2)11-16(17,18)19;1-2/h3-6,14H,7-11H2,1-2H3;1-2H3. The minimum atomic E-state index is -4.18. The zero-order valence-corrected chi connectivity index (χ0v) is 14.9. The molecule has 0 N–H and O–H groups in total. The third-order valence-electron chi connectivity index (χ3n) is 4.10. The van der Waals surface area contributed by atoms with Crippen LogP contribution in [-0.2, 0) is 0 Å². The summed E-state index contributed by atoms with van der Waals surface area (Å²) in [6, 6.07) is 7.23. The number of piperidine rings is 1. The molecule has 1 aliphatic rings. The molecular weight excluding hydrogens is 317 g/mol. The summed E-state index contributed by atoms with van der Waals surface area (Å²) in [5, 5.41) is 0. The maximum atomic E-state index is 12.4. The number of nitrogens with zero attached hydrogens (tertiary/aromatic N) is 2. The van der Waals surface area contributed by atoms with E-state index in [4.69, 9.17) is 0 Å². The minimum Gasteiger partial charge on any atom is -0.339 e. The third-order valence-corrected chi connectivity index (χ3v) is 4.10. The van der Waals surface area contributed by atoms with Crippen LogP contribution >= 0.6 is 0 Å². The molecule has 0 aliphatic carbocycles. The van der Waals surface area contributed by atoms with E-state index in [1.54, 1.807) is 17.0 Å². The maximum absolute atomic E-state index is 12.4. The second kappa shape index (κ2) is 9.06. The summed E-state index contributed by atoms with van der Waals surface area (Å²) in [6.45, 7) is 6.05.